The van der Waals surface area contributed by atoms with Crippen LogP contribution in [0.15, 0.2) is 11.6 Å². The third-order valence-corrected chi connectivity index (χ3v) is 19.2. The lowest BCUT2D eigenvalue weighted by molar-refractivity contribution is -0.348. The molecular formula is C47H78O18. The fourth-order valence-corrected chi connectivity index (χ4v) is 14.8. The molecule has 3 heterocycles. The second-order valence-corrected chi connectivity index (χ2v) is 23.3. The lowest BCUT2D eigenvalue weighted by Crippen LogP contribution is -2.68. The van der Waals surface area contributed by atoms with E-state index in [0.29, 0.717) is 25.7 Å². The van der Waals surface area contributed by atoms with E-state index < -0.39 is 128 Å². The van der Waals surface area contributed by atoms with Gasteiger partial charge < -0.3 is 89.7 Å². The molecule has 7 fully saturated rings. The van der Waals surface area contributed by atoms with Gasteiger partial charge in [0.15, 0.2) is 18.9 Å². The number of ether oxygens (including phenoxy) is 6. The van der Waals surface area contributed by atoms with Gasteiger partial charge in [-0.1, -0.05) is 60.1 Å². The van der Waals surface area contributed by atoms with Crippen LogP contribution in [0.4, 0.5) is 0 Å². The van der Waals surface area contributed by atoms with Crippen LogP contribution in [0.5, 0.6) is 0 Å². The maximum Gasteiger partial charge on any atom is 0.186 e. The molecule has 65 heavy (non-hydrogen) atoms. The van der Waals surface area contributed by atoms with E-state index in [4.69, 9.17) is 28.4 Å². The Bertz CT molecular complexity index is 1730. The van der Waals surface area contributed by atoms with Gasteiger partial charge in [0.2, 0.25) is 0 Å². The number of allylic oxidation sites excluding steroid dienone is 2. The summed E-state index contributed by atoms with van der Waals surface area (Å²) in [6, 6.07) is 0. The molecule has 18 heteroatoms. The number of aliphatic hydroxyl groups is 12. The molecule has 8 rings (SSSR count). The van der Waals surface area contributed by atoms with Crippen LogP contribution in [-0.4, -0.2) is 192 Å². The SMILES string of the molecule is CC1(C)C[C@H]2C3=CC[C@@H]4[C@@]5(C)CC[C@H](O[C@@H]6O[C@H](CO[C@@H]7O[C@H](CO[C@@H]8OC[C@@H](O)[C@H](O)[C@H]8O)[C@@H](O)[C@H](O)[C@H]7O)[C@@H](O)[C@H](O)[C@H]6O)C(C)(C)[C@@H]5CC[C@@]4(C)[C@]3(C)C[C@H](O)[C@@]2(CO)C[C@@H]1O. The Morgan fingerprint density at radius 3 is 1.83 bits per heavy atom. The van der Waals surface area contributed by atoms with Gasteiger partial charge in [0.1, 0.15) is 67.1 Å². The molecule has 5 aliphatic carbocycles. The molecule has 24 atom stereocenters. The first-order chi connectivity index (χ1) is 30.3. The number of hydrogen-bond donors (Lipinski definition) is 12. The third kappa shape index (κ3) is 7.93. The predicted molar refractivity (Wildman–Crippen MR) is 227 cm³/mol. The molecule has 4 saturated carbocycles. The average Bonchev–Trinajstić information content (AvgIpc) is 3.24. The van der Waals surface area contributed by atoms with Crippen molar-refractivity contribution in [2.45, 2.75) is 204 Å². The molecule has 3 saturated heterocycles. The number of hydrogen-bond acceptors (Lipinski definition) is 18. The molecule has 0 spiro atoms. The van der Waals surface area contributed by atoms with Crippen molar-refractivity contribution in [2.24, 2.45) is 50.2 Å². The zero-order valence-corrected chi connectivity index (χ0v) is 38.9. The first-order valence-electron chi connectivity index (χ1n) is 23.9. The Balaban J connectivity index is 0.940. The molecule has 8 aliphatic rings. The highest BCUT2D eigenvalue weighted by Crippen LogP contribution is 2.76. The monoisotopic (exact) mass is 931 g/mol. The van der Waals surface area contributed by atoms with Gasteiger partial charge >= 0.3 is 0 Å². The van der Waals surface area contributed by atoms with Crippen molar-refractivity contribution in [1.29, 1.82) is 0 Å². The molecule has 0 amide bonds. The summed E-state index contributed by atoms with van der Waals surface area (Å²) in [4.78, 5) is 0. The van der Waals surface area contributed by atoms with E-state index in [0.717, 1.165) is 25.7 Å². The van der Waals surface area contributed by atoms with E-state index in [1.807, 2.05) is 0 Å². The molecule has 0 aromatic rings. The lowest BCUT2D eigenvalue weighted by Gasteiger charge is -2.72. The minimum atomic E-state index is -1.78. The molecule has 0 unspecified atom stereocenters. The smallest absolute Gasteiger partial charge is 0.186 e. The summed E-state index contributed by atoms with van der Waals surface area (Å²) in [5.41, 5.74) is -0.881. The van der Waals surface area contributed by atoms with Crippen LogP contribution in [0, 0.1) is 50.2 Å². The van der Waals surface area contributed by atoms with Crippen LogP contribution in [0.2, 0.25) is 0 Å². The van der Waals surface area contributed by atoms with Crippen molar-refractivity contribution in [3.63, 3.8) is 0 Å². The summed E-state index contributed by atoms with van der Waals surface area (Å²) in [7, 11) is 0. The average molecular weight is 931 g/mol. The van der Waals surface area contributed by atoms with Crippen molar-refractivity contribution in [2.75, 3.05) is 26.4 Å². The molecular weight excluding hydrogens is 852 g/mol. The number of fused-ring (bicyclic) bond motifs is 7. The molecule has 12 N–H and O–H groups in total. The zero-order valence-electron chi connectivity index (χ0n) is 38.9. The highest BCUT2D eigenvalue weighted by atomic mass is 16.7. The number of rotatable bonds is 9. The first kappa shape index (κ1) is 50.4. The van der Waals surface area contributed by atoms with Gasteiger partial charge in [-0.15, -0.1) is 0 Å². The molecule has 0 aromatic heterocycles. The van der Waals surface area contributed by atoms with Gasteiger partial charge in [-0.2, -0.15) is 0 Å². The summed E-state index contributed by atoms with van der Waals surface area (Å²) >= 11 is 0. The third-order valence-electron chi connectivity index (χ3n) is 19.2. The highest BCUT2D eigenvalue weighted by Gasteiger charge is 2.71. The quantitative estimate of drug-likeness (QED) is 0.0995. The summed E-state index contributed by atoms with van der Waals surface area (Å²) in [5, 5.41) is 130. The van der Waals surface area contributed by atoms with Gasteiger partial charge in [0, 0.05) is 5.41 Å². The minimum Gasteiger partial charge on any atom is -0.396 e. The zero-order chi connectivity index (χ0) is 47.6. The van der Waals surface area contributed by atoms with Crippen molar-refractivity contribution in [1.82, 2.24) is 0 Å². The highest BCUT2D eigenvalue weighted by molar-refractivity contribution is 5.35. The van der Waals surface area contributed by atoms with Gasteiger partial charge in [-0.25, -0.2) is 0 Å². The van der Waals surface area contributed by atoms with Gasteiger partial charge in [0.05, 0.1) is 44.7 Å². The molecule has 0 radical (unpaired) electrons. The Labute approximate surface area is 381 Å². The topological polar surface area (TPSA) is 298 Å². The molecule has 18 nitrogen and oxygen atoms in total. The van der Waals surface area contributed by atoms with E-state index in [1.165, 1.54) is 5.57 Å². The van der Waals surface area contributed by atoms with Crippen molar-refractivity contribution in [3.05, 3.63) is 11.6 Å². The Morgan fingerprint density at radius 1 is 0.615 bits per heavy atom. The fraction of sp³-hybridized carbons (Fsp3) is 0.957. The van der Waals surface area contributed by atoms with E-state index in [2.05, 4.69) is 54.5 Å². The predicted octanol–water partition coefficient (Wildman–Crippen LogP) is -0.805. The lowest BCUT2D eigenvalue weighted by atomic mass is 9.33. The van der Waals surface area contributed by atoms with E-state index in [1.54, 1.807) is 0 Å². The van der Waals surface area contributed by atoms with Crippen LogP contribution >= 0.6 is 0 Å². The molecule has 374 valence electrons. The number of aliphatic hydroxyl groups excluding tert-OH is 12. The minimum absolute atomic E-state index is 0.0454. The summed E-state index contributed by atoms with van der Waals surface area (Å²) in [5.74, 6) is 0.407. The Morgan fingerprint density at radius 2 is 1.20 bits per heavy atom. The summed E-state index contributed by atoms with van der Waals surface area (Å²) in [6.45, 7) is 14.2. The van der Waals surface area contributed by atoms with E-state index >= 15 is 0 Å². The van der Waals surface area contributed by atoms with Crippen molar-refractivity contribution >= 4 is 0 Å². The van der Waals surface area contributed by atoms with E-state index in [-0.39, 0.29) is 52.6 Å². The summed E-state index contributed by atoms with van der Waals surface area (Å²) < 4.78 is 35.0. The Kier molecular flexibility index (Phi) is 13.7. The normalized spacial score (nSPS) is 55.2. The first-order valence-corrected chi connectivity index (χ1v) is 23.9. The van der Waals surface area contributed by atoms with Gasteiger partial charge in [-0.3, -0.25) is 0 Å². The van der Waals surface area contributed by atoms with Crippen LogP contribution in [0.1, 0.15) is 99.8 Å². The van der Waals surface area contributed by atoms with Crippen LogP contribution in [0.25, 0.3) is 0 Å². The van der Waals surface area contributed by atoms with Gasteiger partial charge in [0.25, 0.3) is 0 Å². The standard InChI is InChI=1S/C47H78O18/c1-42(2)14-22-21-8-9-27-44(5)12-11-30(43(3,4)26(44)10-13-45(27,6)46(21,7)15-29(51)47(22,20-48)16-28(42)50)65-41-38(59)35(56)33(54)25(64-41)19-62-40-37(58)34(55)32(53)24(63-40)18-61-39-36(57)31(52)23(49)17-60-39/h8,22-41,48-59H,9-20H2,1-7H3/t22-,23+,24+,25+,26-,27+,28-,29-,30-,31-,32+,33+,34-,35-,36+,37+,38+,39-,40+,41-,44-,45+,46+,47+/m0/s1. The second-order valence-electron chi connectivity index (χ2n) is 23.3. The summed E-state index contributed by atoms with van der Waals surface area (Å²) in [6.07, 6.45) is -15.4. The van der Waals surface area contributed by atoms with Crippen LogP contribution in [0.3, 0.4) is 0 Å². The van der Waals surface area contributed by atoms with Crippen LogP contribution in [-0.2, 0) is 28.4 Å². The fourth-order valence-electron chi connectivity index (χ4n) is 14.8. The molecule has 0 bridgehead atoms. The van der Waals surface area contributed by atoms with E-state index in [9.17, 15) is 61.3 Å². The van der Waals surface area contributed by atoms with Crippen LogP contribution < -0.4 is 0 Å². The molecule has 3 aliphatic heterocycles. The van der Waals surface area contributed by atoms with Gasteiger partial charge in [-0.05, 0) is 96.2 Å². The second kappa shape index (κ2) is 17.7. The molecule has 0 aromatic carbocycles. The maximum atomic E-state index is 12.1. The van der Waals surface area contributed by atoms with Crippen molar-refractivity contribution < 1.29 is 89.7 Å². The largest absolute Gasteiger partial charge is 0.396 e. The van der Waals surface area contributed by atoms with Crippen molar-refractivity contribution in [3.8, 4) is 0 Å². The Hall–Kier alpha value is -0.980. The maximum absolute atomic E-state index is 12.1.